The number of rotatable bonds is 4. The highest BCUT2D eigenvalue weighted by atomic mass is 16.1. The van der Waals surface area contributed by atoms with Crippen LogP contribution in [0.3, 0.4) is 0 Å². The third-order valence-electron chi connectivity index (χ3n) is 3.80. The van der Waals surface area contributed by atoms with E-state index in [1.54, 1.807) is 6.20 Å². The Morgan fingerprint density at radius 3 is 2.48 bits per heavy atom. The van der Waals surface area contributed by atoms with Crippen LogP contribution in [0.2, 0.25) is 0 Å². The Labute approximate surface area is 135 Å². The Kier molecular flexibility index (Phi) is 4.24. The molecule has 23 heavy (non-hydrogen) atoms. The molecule has 1 N–H and O–H groups in total. The van der Waals surface area contributed by atoms with Crippen molar-refractivity contribution in [1.29, 1.82) is 0 Å². The quantitative estimate of drug-likeness (QED) is 0.794. The molecule has 3 aromatic rings. The van der Waals surface area contributed by atoms with Crippen LogP contribution in [0.1, 0.15) is 24.2 Å². The van der Waals surface area contributed by atoms with E-state index in [1.165, 1.54) is 5.56 Å². The molecule has 116 valence electrons. The molecule has 0 saturated heterocycles. The van der Waals surface area contributed by atoms with Gasteiger partial charge in [-0.2, -0.15) is 0 Å². The maximum atomic E-state index is 12.5. The van der Waals surface area contributed by atoms with Gasteiger partial charge in [0.25, 0.3) is 0 Å². The first-order chi connectivity index (χ1) is 11.1. The van der Waals surface area contributed by atoms with E-state index in [9.17, 15) is 4.79 Å². The van der Waals surface area contributed by atoms with Crippen LogP contribution in [-0.2, 0) is 4.79 Å². The molecule has 4 heteroatoms. The molecule has 1 unspecified atom stereocenters. The lowest BCUT2D eigenvalue weighted by Gasteiger charge is -2.14. The number of hydrogen-bond acceptors (Lipinski definition) is 2. The summed E-state index contributed by atoms with van der Waals surface area (Å²) in [5.41, 5.74) is 2.99. The van der Waals surface area contributed by atoms with E-state index in [4.69, 9.17) is 0 Å². The van der Waals surface area contributed by atoms with Crippen molar-refractivity contribution in [3.8, 4) is 5.69 Å². The Balaban J connectivity index is 1.83. The zero-order valence-corrected chi connectivity index (χ0v) is 13.2. The first-order valence-electron chi connectivity index (χ1n) is 7.61. The zero-order chi connectivity index (χ0) is 16.2. The fourth-order valence-corrected chi connectivity index (χ4v) is 2.45. The molecule has 0 aliphatic heterocycles. The Bertz CT molecular complexity index is 791. The molecule has 0 spiro atoms. The lowest BCUT2D eigenvalue weighted by atomic mass is 10.1. The fraction of sp³-hybridized carbons (Fsp3) is 0.158. The highest BCUT2D eigenvalue weighted by molar-refractivity contribution is 5.95. The summed E-state index contributed by atoms with van der Waals surface area (Å²) in [4.78, 5) is 16.9. The van der Waals surface area contributed by atoms with Gasteiger partial charge in [0.05, 0.1) is 5.92 Å². The van der Waals surface area contributed by atoms with Gasteiger partial charge in [0, 0.05) is 23.8 Å². The molecule has 2 aromatic carbocycles. The van der Waals surface area contributed by atoms with Crippen LogP contribution in [0.4, 0.5) is 5.69 Å². The number of para-hydroxylation sites is 1. The number of benzene rings is 2. The summed E-state index contributed by atoms with van der Waals surface area (Å²) in [6.07, 6.45) is 3.60. The van der Waals surface area contributed by atoms with Crippen molar-refractivity contribution in [1.82, 2.24) is 9.55 Å². The number of imidazole rings is 1. The number of aryl methyl sites for hydroxylation is 1. The van der Waals surface area contributed by atoms with Gasteiger partial charge in [-0.3, -0.25) is 4.79 Å². The van der Waals surface area contributed by atoms with Crippen molar-refractivity contribution in [3.63, 3.8) is 0 Å². The van der Waals surface area contributed by atoms with Crippen molar-refractivity contribution < 1.29 is 4.79 Å². The first-order valence-corrected chi connectivity index (χ1v) is 7.61. The van der Waals surface area contributed by atoms with E-state index in [-0.39, 0.29) is 11.8 Å². The molecule has 0 saturated carbocycles. The third kappa shape index (κ3) is 3.31. The average Bonchev–Trinajstić information content (AvgIpc) is 3.05. The molecule has 4 nitrogen and oxygen atoms in total. The van der Waals surface area contributed by atoms with Crippen LogP contribution in [0.15, 0.2) is 67.0 Å². The van der Waals surface area contributed by atoms with Gasteiger partial charge < -0.3 is 9.88 Å². The number of nitrogens with zero attached hydrogens (tertiary/aromatic N) is 2. The van der Waals surface area contributed by atoms with Gasteiger partial charge in [-0.15, -0.1) is 0 Å². The van der Waals surface area contributed by atoms with Crippen molar-refractivity contribution in [2.75, 3.05) is 5.32 Å². The van der Waals surface area contributed by atoms with Crippen LogP contribution >= 0.6 is 0 Å². The van der Waals surface area contributed by atoms with Crippen LogP contribution in [-0.4, -0.2) is 15.5 Å². The minimum Gasteiger partial charge on any atom is -0.325 e. The lowest BCUT2D eigenvalue weighted by molar-refractivity contribution is -0.117. The topological polar surface area (TPSA) is 46.9 Å². The van der Waals surface area contributed by atoms with Crippen molar-refractivity contribution >= 4 is 11.6 Å². The van der Waals surface area contributed by atoms with Crippen molar-refractivity contribution in [3.05, 3.63) is 78.4 Å². The Morgan fingerprint density at radius 1 is 1.09 bits per heavy atom. The number of carbonyl (C=O) groups is 1. The number of aromatic nitrogens is 2. The first kappa shape index (κ1) is 15.0. The van der Waals surface area contributed by atoms with E-state index < -0.39 is 0 Å². The summed E-state index contributed by atoms with van der Waals surface area (Å²) in [5.74, 6) is 0.296. The molecule has 3 rings (SSSR count). The van der Waals surface area contributed by atoms with Crippen molar-refractivity contribution in [2.45, 2.75) is 19.8 Å². The summed E-state index contributed by atoms with van der Waals surface area (Å²) >= 11 is 0. The monoisotopic (exact) mass is 305 g/mol. The summed E-state index contributed by atoms with van der Waals surface area (Å²) in [7, 11) is 0. The van der Waals surface area contributed by atoms with E-state index in [0.717, 1.165) is 17.2 Å². The SMILES string of the molecule is Cc1ccc(-n2ccnc2C(C)C(=O)Nc2ccccc2)cc1. The van der Waals surface area contributed by atoms with Gasteiger partial charge in [-0.05, 0) is 38.1 Å². The second-order valence-corrected chi connectivity index (χ2v) is 5.57. The van der Waals surface area contributed by atoms with Crippen LogP contribution in [0.25, 0.3) is 5.69 Å². The molecule has 0 aliphatic carbocycles. The second-order valence-electron chi connectivity index (χ2n) is 5.57. The maximum Gasteiger partial charge on any atom is 0.234 e. The normalized spacial score (nSPS) is 11.9. The molecular formula is C19H19N3O. The van der Waals surface area contributed by atoms with E-state index in [0.29, 0.717) is 0 Å². The summed E-state index contributed by atoms with van der Waals surface area (Å²) in [5, 5.41) is 2.93. The van der Waals surface area contributed by atoms with Crippen molar-refractivity contribution in [2.24, 2.45) is 0 Å². The number of hydrogen-bond donors (Lipinski definition) is 1. The Morgan fingerprint density at radius 2 is 1.78 bits per heavy atom. The van der Waals surface area contributed by atoms with Gasteiger partial charge >= 0.3 is 0 Å². The minimum atomic E-state index is -0.355. The predicted octanol–water partition coefficient (Wildman–Crippen LogP) is 3.92. The van der Waals surface area contributed by atoms with Crippen LogP contribution in [0, 0.1) is 6.92 Å². The molecule has 0 bridgehead atoms. The smallest absolute Gasteiger partial charge is 0.234 e. The van der Waals surface area contributed by atoms with Crippen LogP contribution in [0.5, 0.6) is 0 Å². The number of nitrogens with one attached hydrogen (secondary N) is 1. The predicted molar refractivity (Wildman–Crippen MR) is 91.8 cm³/mol. The molecule has 0 fully saturated rings. The number of carbonyl (C=O) groups excluding carboxylic acids is 1. The lowest BCUT2D eigenvalue weighted by Crippen LogP contribution is -2.21. The minimum absolute atomic E-state index is 0.0734. The van der Waals surface area contributed by atoms with E-state index in [2.05, 4.69) is 17.2 Å². The molecule has 0 radical (unpaired) electrons. The molecule has 1 aromatic heterocycles. The van der Waals surface area contributed by atoms with E-state index in [1.807, 2.05) is 72.3 Å². The highest BCUT2D eigenvalue weighted by Gasteiger charge is 2.20. The number of amides is 1. The molecular weight excluding hydrogens is 286 g/mol. The molecule has 1 heterocycles. The fourth-order valence-electron chi connectivity index (χ4n) is 2.45. The largest absolute Gasteiger partial charge is 0.325 e. The van der Waals surface area contributed by atoms with Gasteiger partial charge in [0.2, 0.25) is 5.91 Å². The third-order valence-corrected chi connectivity index (χ3v) is 3.80. The van der Waals surface area contributed by atoms with Gasteiger partial charge in [-0.25, -0.2) is 4.98 Å². The number of anilines is 1. The summed E-state index contributed by atoms with van der Waals surface area (Å²) < 4.78 is 1.95. The molecule has 0 aliphatic rings. The standard InChI is InChI=1S/C19H19N3O/c1-14-8-10-17(11-9-14)22-13-12-20-18(22)15(2)19(23)21-16-6-4-3-5-7-16/h3-13,15H,1-2H3,(H,21,23). The average molecular weight is 305 g/mol. The summed E-state index contributed by atoms with van der Waals surface area (Å²) in [6, 6.07) is 17.6. The van der Waals surface area contributed by atoms with Gasteiger partial charge in [0.15, 0.2) is 0 Å². The second kappa shape index (κ2) is 6.48. The van der Waals surface area contributed by atoms with Gasteiger partial charge in [0.1, 0.15) is 5.82 Å². The van der Waals surface area contributed by atoms with Crippen LogP contribution < -0.4 is 5.32 Å². The maximum absolute atomic E-state index is 12.5. The van der Waals surface area contributed by atoms with E-state index >= 15 is 0 Å². The van der Waals surface area contributed by atoms with Gasteiger partial charge in [-0.1, -0.05) is 35.9 Å². The highest BCUT2D eigenvalue weighted by Crippen LogP contribution is 2.20. The Hall–Kier alpha value is -2.88. The molecule has 1 atom stereocenters. The molecule has 1 amide bonds. The zero-order valence-electron chi connectivity index (χ0n) is 13.2. The summed E-state index contributed by atoms with van der Waals surface area (Å²) in [6.45, 7) is 3.92.